The van der Waals surface area contributed by atoms with Crippen LogP contribution in [0.15, 0.2) is 18.5 Å². The van der Waals surface area contributed by atoms with Gasteiger partial charge in [-0.15, -0.1) is 0 Å². The Bertz CT molecular complexity index is 381. The largest absolute Gasteiger partial charge is 0.313 e. The Morgan fingerprint density at radius 2 is 2.39 bits per heavy atom. The highest BCUT2D eigenvalue weighted by Crippen LogP contribution is 2.22. The lowest BCUT2D eigenvalue weighted by molar-refractivity contribution is 0.236. The maximum atomic E-state index is 6.17. The highest BCUT2D eigenvalue weighted by Gasteiger charge is 2.24. The molecule has 0 aromatic carbocycles. The van der Waals surface area contributed by atoms with Crippen LogP contribution in [0.4, 0.5) is 0 Å². The van der Waals surface area contributed by atoms with Crippen LogP contribution in [0.2, 0.25) is 5.02 Å². The molecule has 1 aliphatic rings. The van der Waals surface area contributed by atoms with Gasteiger partial charge >= 0.3 is 0 Å². The minimum Gasteiger partial charge on any atom is -0.313 e. The third kappa shape index (κ3) is 3.67. The third-order valence-electron chi connectivity index (χ3n) is 3.49. The van der Waals surface area contributed by atoms with Crippen molar-refractivity contribution in [2.24, 2.45) is 0 Å². The first-order valence-electron chi connectivity index (χ1n) is 6.72. The first-order chi connectivity index (χ1) is 8.66. The summed E-state index contributed by atoms with van der Waals surface area (Å²) in [5.74, 6) is 0. The molecule has 2 heterocycles. The SMILES string of the molecule is CC(C)NCC1CCCN1Cc1ccncc1Cl. The zero-order chi connectivity index (χ0) is 13.0. The van der Waals surface area contributed by atoms with E-state index in [4.69, 9.17) is 11.6 Å². The van der Waals surface area contributed by atoms with Crippen molar-refractivity contribution in [3.63, 3.8) is 0 Å². The average molecular weight is 268 g/mol. The van der Waals surface area contributed by atoms with Crippen LogP contribution >= 0.6 is 11.6 Å². The van der Waals surface area contributed by atoms with Crippen LogP contribution in [0.3, 0.4) is 0 Å². The molecule has 0 aliphatic carbocycles. The zero-order valence-corrected chi connectivity index (χ0v) is 12.0. The van der Waals surface area contributed by atoms with E-state index in [-0.39, 0.29) is 0 Å². The summed E-state index contributed by atoms with van der Waals surface area (Å²) in [6.45, 7) is 7.56. The molecule has 1 unspecified atom stereocenters. The van der Waals surface area contributed by atoms with Gasteiger partial charge in [0.05, 0.1) is 5.02 Å². The monoisotopic (exact) mass is 267 g/mol. The Kier molecular flexibility index (Phi) is 4.98. The Morgan fingerprint density at radius 1 is 1.56 bits per heavy atom. The molecule has 4 heteroatoms. The van der Waals surface area contributed by atoms with E-state index < -0.39 is 0 Å². The molecule has 0 spiro atoms. The molecule has 18 heavy (non-hydrogen) atoms. The summed E-state index contributed by atoms with van der Waals surface area (Å²) < 4.78 is 0. The van der Waals surface area contributed by atoms with Crippen LogP contribution in [0, 0.1) is 0 Å². The van der Waals surface area contributed by atoms with E-state index in [0.29, 0.717) is 12.1 Å². The number of halogens is 1. The highest BCUT2D eigenvalue weighted by atomic mass is 35.5. The summed E-state index contributed by atoms with van der Waals surface area (Å²) in [5.41, 5.74) is 1.18. The van der Waals surface area contributed by atoms with Gasteiger partial charge in [-0.3, -0.25) is 9.88 Å². The molecule has 3 nitrogen and oxygen atoms in total. The number of aromatic nitrogens is 1. The van der Waals surface area contributed by atoms with Crippen molar-refractivity contribution in [2.45, 2.75) is 45.3 Å². The predicted octanol–water partition coefficient (Wildman–Crippen LogP) is 2.70. The normalized spacial score (nSPS) is 20.8. The second-order valence-corrected chi connectivity index (χ2v) is 5.70. The van der Waals surface area contributed by atoms with E-state index in [0.717, 1.165) is 18.1 Å². The van der Waals surface area contributed by atoms with Crippen LogP contribution < -0.4 is 5.32 Å². The summed E-state index contributed by atoms with van der Waals surface area (Å²) in [5, 5.41) is 4.31. The summed E-state index contributed by atoms with van der Waals surface area (Å²) in [7, 11) is 0. The lowest BCUT2D eigenvalue weighted by Crippen LogP contribution is -2.39. The molecule has 1 aromatic rings. The maximum Gasteiger partial charge on any atom is 0.0634 e. The lowest BCUT2D eigenvalue weighted by Gasteiger charge is -2.26. The minimum atomic E-state index is 0.553. The minimum absolute atomic E-state index is 0.553. The van der Waals surface area contributed by atoms with Crippen LogP contribution in [-0.2, 0) is 6.54 Å². The number of pyridine rings is 1. The van der Waals surface area contributed by atoms with Crippen molar-refractivity contribution >= 4 is 11.6 Å². The number of hydrogen-bond acceptors (Lipinski definition) is 3. The molecule has 0 saturated carbocycles. The molecule has 2 rings (SSSR count). The van der Waals surface area contributed by atoms with Gasteiger partial charge in [0.25, 0.3) is 0 Å². The van der Waals surface area contributed by atoms with E-state index in [1.165, 1.54) is 24.9 Å². The van der Waals surface area contributed by atoms with Gasteiger partial charge in [0.15, 0.2) is 0 Å². The molecule has 0 bridgehead atoms. The number of likely N-dealkylation sites (tertiary alicyclic amines) is 1. The van der Waals surface area contributed by atoms with E-state index in [1.54, 1.807) is 6.20 Å². The van der Waals surface area contributed by atoms with Crippen molar-refractivity contribution < 1.29 is 0 Å². The van der Waals surface area contributed by atoms with E-state index in [2.05, 4.69) is 29.0 Å². The summed E-state index contributed by atoms with van der Waals surface area (Å²) in [6.07, 6.45) is 6.11. The van der Waals surface area contributed by atoms with Gasteiger partial charge in [-0.25, -0.2) is 0 Å². The van der Waals surface area contributed by atoms with Gasteiger partial charge < -0.3 is 5.32 Å². The summed E-state index contributed by atoms with van der Waals surface area (Å²) in [4.78, 5) is 6.56. The summed E-state index contributed by atoms with van der Waals surface area (Å²) >= 11 is 6.17. The Balaban J connectivity index is 1.93. The van der Waals surface area contributed by atoms with Crippen molar-refractivity contribution in [1.82, 2.24) is 15.2 Å². The summed E-state index contributed by atoms with van der Waals surface area (Å²) in [6, 6.07) is 3.21. The van der Waals surface area contributed by atoms with Crippen LogP contribution in [0.1, 0.15) is 32.3 Å². The first kappa shape index (κ1) is 13.8. The van der Waals surface area contributed by atoms with Gasteiger partial charge in [-0.05, 0) is 31.0 Å². The quantitative estimate of drug-likeness (QED) is 0.889. The van der Waals surface area contributed by atoms with Gasteiger partial charge in [-0.1, -0.05) is 25.4 Å². The van der Waals surface area contributed by atoms with Gasteiger partial charge in [-0.2, -0.15) is 0 Å². The van der Waals surface area contributed by atoms with Gasteiger partial charge in [0.1, 0.15) is 0 Å². The van der Waals surface area contributed by atoms with E-state index in [9.17, 15) is 0 Å². The smallest absolute Gasteiger partial charge is 0.0634 e. The zero-order valence-electron chi connectivity index (χ0n) is 11.2. The highest BCUT2D eigenvalue weighted by molar-refractivity contribution is 6.31. The number of nitrogens with zero attached hydrogens (tertiary/aromatic N) is 2. The Labute approximate surface area is 115 Å². The average Bonchev–Trinajstić information content (AvgIpc) is 2.77. The van der Waals surface area contributed by atoms with Crippen molar-refractivity contribution in [1.29, 1.82) is 0 Å². The second-order valence-electron chi connectivity index (χ2n) is 5.30. The molecule has 1 saturated heterocycles. The van der Waals surface area contributed by atoms with Crippen molar-refractivity contribution in [3.8, 4) is 0 Å². The fourth-order valence-corrected chi connectivity index (χ4v) is 2.64. The molecule has 0 radical (unpaired) electrons. The molecule has 1 aliphatic heterocycles. The second kappa shape index (κ2) is 6.50. The Morgan fingerprint density at radius 3 is 3.11 bits per heavy atom. The molecule has 0 amide bonds. The molecular weight excluding hydrogens is 246 g/mol. The van der Waals surface area contributed by atoms with E-state index in [1.807, 2.05) is 12.3 Å². The first-order valence-corrected chi connectivity index (χ1v) is 7.10. The van der Waals surface area contributed by atoms with Crippen molar-refractivity contribution in [2.75, 3.05) is 13.1 Å². The van der Waals surface area contributed by atoms with Gasteiger partial charge in [0, 0.05) is 37.6 Å². The fraction of sp³-hybridized carbons (Fsp3) is 0.643. The number of nitrogens with one attached hydrogen (secondary N) is 1. The standard InChI is InChI=1S/C14H22ClN3/c1-11(2)17-8-13-4-3-7-18(13)10-12-5-6-16-9-14(12)15/h5-6,9,11,13,17H,3-4,7-8,10H2,1-2H3. The van der Waals surface area contributed by atoms with Crippen molar-refractivity contribution in [3.05, 3.63) is 29.0 Å². The predicted molar refractivity (Wildman–Crippen MR) is 75.8 cm³/mol. The van der Waals surface area contributed by atoms with Crippen LogP contribution in [-0.4, -0.2) is 35.1 Å². The molecule has 1 N–H and O–H groups in total. The molecular formula is C14H22ClN3. The molecule has 1 fully saturated rings. The van der Waals surface area contributed by atoms with Crippen LogP contribution in [0.5, 0.6) is 0 Å². The third-order valence-corrected chi connectivity index (χ3v) is 3.83. The Hall–Kier alpha value is -0.640. The molecule has 1 aromatic heterocycles. The maximum absolute atomic E-state index is 6.17. The van der Waals surface area contributed by atoms with Gasteiger partial charge in [0.2, 0.25) is 0 Å². The fourth-order valence-electron chi connectivity index (χ4n) is 2.46. The number of rotatable bonds is 5. The van der Waals surface area contributed by atoms with E-state index >= 15 is 0 Å². The lowest BCUT2D eigenvalue weighted by atomic mass is 10.2. The molecule has 100 valence electrons. The van der Waals surface area contributed by atoms with Crippen LogP contribution in [0.25, 0.3) is 0 Å². The number of hydrogen-bond donors (Lipinski definition) is 1. The topological polar surface area (TPSA) is 28.2 Å². The molecule has 1 atom stereocenters.